The van der Waals surface area contributed by atoms with Crippen LogP contribution in [0.1, 0.15) is 30.5 Å². The van der Waals surface area contributed by atoms with Crippen LogP contribution < -0.4 is 10.1 Å². The van der Waals surface area contributed by atoms with Gasteiger partial charge in [-0.25, -0.2) is 0 Å². The summed E-state index contributed by atoms with van der Waals surface area (Å²) in [6.45, 7) is 6.09. The number of ether oxygens (including phenoxy) is 1. The zero-order valence-corrected chi connectivity index (χ0v) is 12.3. The first-order chi connectivity index (χ1) is 8.54. The van der Waals surface area contributed by atoms with Gasteiger partial charge in [0.1, 0.15) is 5.75 Å². The monoisotopic (exact) mass is 250 g/mol. The molecule has 0 radical (unpaired) electrons. The molecule has 0 aliphatic heterocycles. The molecule has 3 heteroatoms. The van der Waals surface area contributed by atoms with Crippen LogP contribution in [0.5, 0.6) is 5.75 Å². The summed E-state index contributed by atoms with van der Waals surface area (Å²) in [6.07, 6.45) is 1.05. The lowest BCUT2D eigenvalue weighted by Crippen LogP contribution is -2.17. The Kier molecular flexibility index (Phi) is 6.16. The Bertz CT molecular complexity index is 364. The van der Waals surface area contributed by atoms with Gasteiger partial charge in [-0.15, -0.1) is 0 Å². The second-order valence-electron chi connectivity index (χ2n) is 5.06. The Morgan fingerprint density at radius 2 is 2.06 bits per heavy atom. The summed E-state index contributed by atoms with van der Waals surface area (Å²) in [6, 6.07) is 6.69. The molecule has 1 N–H and O–H groups in total. The lowest BCUT2D eigenvalue weighted by atomic mass is 10.0. The molecule has 0 aliphatic rings. The van der Waals surface area contributed by atoms with Crippen molar-refractivity contribution in [3.8, 4) is 5.75 Å². The summed E-state index contributed by atoms with van der Waals surface area (Å²) < 4.78 is 5.90. The quantitative estimate of drug-likeness (QED) is 0.753. The van der Waals surface area contributed by atoms with Crippen molar-refractivity contribution in [3.05, 3.63) is 29.3 Å². The van der Waals surface area contributed by atoms with Gasteiger partial charge < -0.3 is 15.0 Å². The Morgan fingerprint density at radius 3 is 2.67 bits per heavy atom. The second kappa shape index (κ2) is 7.39. The SMILES string of the molecule is CNC(C)c1cc(C)ccc1OCCCN(C)C. The van der Waals surface area contributed by atoms with Gasteiger partial charge in [0.15, 0.2) is 0 Å². The number of nitrogens with one attached hydrogen (secondary N) is 1. The molecule has 0 spiro atoms. The van der Waals surface area contributed by atoms with Crippen molar-refractivity contribution in [2.75, 3.05) is 34.3 Å². The molecule has 1 atom stereocenters. The normalized spacial score (nSPS) is 12.8. The van der Waals surface area contributed by atoms with Crippen molar-refractivity contribution < 1.29 is 4.74 Å². The summed E-state index contributed by atoms with van der Waals surface area (Å²) in [5.41, 5.74) is 2.51. The van der Waals surface area contributed by atoms with Crippen LogP contribution in [0.15, 0.2) is 18.2 Å². The molecule has 0 saturated heterocycles. The van der Waals surface area contributed by atoms with Crippen molar-refractivity contribution >= 4 is 0 Å². The van der Waals surface area contributed by atoms with E-state index in [9.17, 15) is 0 Å². The van der Waals surface area contributed by atoms with Gasteiger partial charge in [0.05, 0.1) is 6.61 Å². The van der Waals surface area contributed by atoms with E-state index < -0.39 is 0 Å². The molecule has 0 amide bonds. The highest BCUT2D eigenvalue weighted by Gasteiger charge is 2.10. The number of rotatable bonds is 7. The molecule has 1 aromatic rings. The molecule has 1 rings (SSSR count). The summed E-state index contributed by atoms with van der Waals surface area (Å²) in [7, 11) is 6.14. The highest BCUT2D eigenvalue weighted by atomic mass is 16.5. The molecule has 0 fully saturated rings. The van der Waals surface area contributed by atoms with Crippen LogP contribution in [0, 0.1) is 6.92 Å². The van der Waals surface area contributed by atoms with Gasteiger partial charge in [-0.3, -0.25) is 0 Å². The van der Waals surface area contributed by atoms with Crippen molar-refractivity contribution in [1.82, 2.24) is 10.2 Å². The molecule has 1 unspecified atom stereocenters. The Hall–Kier alpha value is -1.06. The molecule has 0 aliphatic carbocycles. The number of benzene rings is 1. The van der Waals surface area contributed by atoms with Crippen molar-refractivity contribution in [2.45, 2.75) is 26.3 Å². The van der Waals surface area contributed by atoms with Gasteiger partial charge in [-0.2, -0.15) is 0 Å². The average molecular weight is 250 g/mol. The number of hydrogen-bond donors (Lipinski definition) is 1. The number of nitrogens with zero attached hydrogens (tertiary/aromatic N) is 1. The molecule has 102 valence electrons. The number of aryl methyl sites for hydroxylation is 1. The van der Waals surface area contributed by atoms with Gasteiger partial charge >= 0.3 is 0 Å². The third kappa shape index (κ3) is 4.67. The van der Waals surface area contributed by atoms with Gasteiger partial charge in [-0.1, -0.05) is 17.7 Å². The van der Waals surface area contributed by atoms with Crippen LogP contribution in [0.2, 0.25) is 0 Å². The molecule has 18 heavy (non-hydrogen) atoms. The molecule has 0 aromatic heterocycles. The zero-order chi connectivity index (χ0) is 13.5. The fourth-order valence-electron chi connectivity index (χ4n) is 1.86. The predicted molar refractivity (Wildman–Crippen MR) is 77.3 cm³/mol. The third-order valence-electron chi connectivity index (χ3n) is 3.07. The highest BCUT2D eigenvalue weighted by Crippen LogP contribution is 2.26. The molecule has 1 aromatic carbocycles. The molecular weight excluding hydrogens is 224 g/mol. The van der Waals surface area contributed by atoms with Crippen molar-refractivity contribution in [1.29, 1.82) is 0 Å². The number of hydrogen-bond acceptors (Lipinski definition) is 3. The molecule has 0 heterocycles. The first-order valence-electron chi connectivity index (χ1n) is 6.60. The van der Waals surface area contributed by atoms with E-state index in [0.29, 0.717) is 6.04 Å². The maximum absolute atomic E-state index is 5.90. The summed E-state index contributed by atoms with van der Waals surface area (Å²) in [5, 5.41) is 3.27. The van der Waals surface area contributed by atoms with Crippen LogP contribution in [-0.2, 0) is 0 Å². The molecule has 0 saturated carbocycles. The van der Waals surface area contributed by atoms with Crippen LogP contribution in [0.4, 0.5) is 0 Å². The van der Waals surface area contributed by atoms with E-state index in [-0.39, 0.29) is 0 Å². The largest absolute Gasteiger partial charge is 0.493 e. The van der Waals surface area contributed by atoms with E-state index in [2.05, 4.69) is 56.4 Å². The highest BCUT2D eigenvalue weighted by molar-refractivity contribution is 5.38. The minimum Gasteiger partial charge on any atom is -0.493 e. The topological polar surface area (TPSA) is 24.5 Å². The molecule has 0 bridgehead atoms. The second-order valence-corrected chi connectivity index (χ2v) is 5.06. The van der Waals surface area contributed by atoms with E-state index in [0.717, 1.165) is 25.3 Å². The lowest BCUT2D eigenvalue weighted by Gasteiger charge is -2.18. The lowest BCUT2D eigenvalue weighted by molar-refractivity contribution is 0.278. The Balaban J connectivity index is 2.63. The summed E-state index contributed by atoms with van der Waals surface area (Å²) in [4.78, 5) is 2.18. The first-order valence-corrected chi connectivity index (χ1v) is 6.60. The standard InChI is InChI=1S/C15H26N2O/c1-12-7-8-15(14(11-12)13(2)16-3)18-10-6-9-17(4)5/h7-8,11,13,16H,6,9-10H2,1-5H3. The minimum atomic E-state index is 0.314. The van der Waals surface area contributed by atoms with E-state index in [1.165, 1.54) is 11.1 Å². The molecule has 3 nitrogen and oxygen atoms in total. The maximum Gasteiger partial charge on any atom is 0.124 e. The van der Waals surface area contributed by atoms with Crippen LogP contribution in [0.25, 0.3) is 0 Å². The predicted octanol–water partition coefficient (Wildman–Crippen LogP) is 2.61. The smallest absolute Gasteiger partial charge is 0.124 e. The van der Waals surface area contributed by atoms with Gasteiger partial charge in [-0.05, 0) is 47.5 Å². The van der Waals surface area contributed by atoms with Crippen LogP contribution in [-0.4, -0.2) is 39.2 Å². The summed E-state index contributed by atoms with van der Waals surface area (Å²) in [5.74, 6) is 1.00. The zero-order valence-electron chi connectivity index (χ0n) is 12.3. The maximum atomic E-state index is 5.90. The van der Waals surface area contributed by atoms with Crippen molar-refractivity contribution in [3.63, 3.8) is 0 Å². The van der Waals surface area contributed by atoms with Gasteiger partial charge in [0.2, 0.25) is 0 Å². The van der Waals surface area contributed by atoms with E-state index >= 15 is 0 Å². The first kappa shape index (κ1) is 15.0. The van der Waals surface area contributed by atoms with Crippen molar-refractivity contribution in [2.24, 2.45) is 0 Å². The van der Waals surface area contributed by atoms with E-state index in [1.807, 2.05) is 7.05 Å². The van der Waals surface area contributed by atoms with Crippen LogP contribution >= 0.6 is 0 Å². The third-order valence-corrected chi connectivity index (χ3v) is 3.07. The summed E-state index contributed by atoms with van der Waals surface area (Å²) >= 11 is 0. The van der Waals surface area contributed by atoms with Gasteiger partial charge in [0.25, 0.3) is 0 Å². The minimum absolute atomic E-state index is 0.314. The average Bonchev–Trinajstić information content (AvgIpc) is 2.34. The van der Waals surface area contributed by atoms with E-state index in [4.69, 9.17) is 4.74 Å². The Labute approximate surface area is 111 Å². The molecular formula is C15H26N2O. The van der Waals surface area contributed by atoms with Gasteiger partial charge in [0, 0.05) is 18.2 Å². The Morgan fingerprint density at radius 1 is 1.33 bits per heavy atom. The van der Waals surface area contributed by atoms with Crippen LogP contribution in [0.3, 0.4) is 0 Å². The fraction of sp³-hybridized carbons (Fsp3) is 0.600. The fourth-order valence-corrected chi connectivity index (χ4v) is 1.86. The van der Waals surface area contributed by atoms with E-state index in [1.54, 1.807) is 0 Å².